The molecule has 23 heavy (non-hydrogen) atoms. The highest BCUT2D eigenvalue weighted by molar-refractivity contribution is 7.91. The van der Waals surface area contributed by atoms with Crippen LogP contribution in [0, 0.1) is 6.92 Å². The molecule has 1 aromatic carbocycles. The van der Waals surface area contributed by atoms with Gasteiger partial charge in [0.15, 0.2) is 9.84 Å². The molecule has 0 saturated carbocycles. The van der Waals surface area contributed by atoms with Crippen molar-refractivity contribution in [3.05, 3.63) is 29.3 Å². The fourth-order valence-electron chi connectivity index (χ4n) is 2.26. The molecule has 0 radical (unpaired) electrons. The Bertz CT molecular complexity index is 818. The third kappa shape index (κ3) is 3.85. The lowest BCUT2D eigenvalue weighted by Crippen LogP contribution is -2.45. The standard InChI is InChI=1S/C14H16N4O3S2/c1-10-16-17-13(22-10)11-3-2-4-12(9-11)15-14(19)18-5-7-23(20,21)8-6-18/h2-4,9H,5-8H2,1H3,(H,15,19). The van der Waals surface area contributed by atoms with E-state index in [1.165, 1.54) is 16.2 Å². The lowest BCUT2D eigenvalue weighted by molar-refractivity contribution is 0.216. The molecule has 0 bridgehead atoms. The summed E-state index contributed by atoms with van der Waals surface area (Å²) in [6.07, 6.45) is 0. The summed E-state index contributed by atoms with van der Waals surface area (Å²) in [7, 11) is -3.00. The number of rotatable bonds is 2. The van der Waals surface area contributed by atoms with Crippen LogP contribution < -0.4 is 5.32 Å². The number of carbonyl (C=O) groups is 1. The van der Waals surface area contributed by atoms with E-state index in [2.05, 4.69) is 15.5 Å². The Kier molecular flexibility index (Phi) is 4.31. The second kappa shape index (κ2) is 6.25. The van der Waals surface area contributed by atoms with Gasteiger partial charge in [-0.15, -0.1) is 10.2 Å². The molecule has 0 atom stereocenters. The number of urea groups is 1. The number of sulfone groups is 1. The van der Waals surface area contributed by atoms with Gasteiger partial charge >= 0.3 is 6.03 Å². The number of anilines is 1. The van der Waals surface area contributed by atoms with Gasteiger partial charge < -0.3 is 10.2 Å². The van der Waals surface area contributed by atoms with Crippen molar-refractivity contribution in [2.24, 2.45) is 0 Å². The zero-order valence-electron chi connectivity index (χ0n) is 12.5. The van der Waals surface area contributed by atoms with Gasteiger partial charge in [-0.05, 0) is 19.1 Å². The minimum atomic E-state index is -3.00. The molecule has 2 amide bonds. The van der Waals surface area contributed by atoms with Gasteiger partial charge in [0, 0.05) is 24.3 Å². The van der Waals surface area contributed by atoms with E-state index in [0.29, 0.717) is 5.69 Å². The first kappa shape index (κ1) is 15.9. The SMILES string of the molecule is Cc1nnc(-c2cccc(NC(=O)N3CCS(=O)(=O)CC3)c2)s1. The highest BCUT2D eigenvalue weighted by atomic mass is 32.2. The van der Waals surface area contributed by atoms with Crippen molar-refractivity contribution in [1.29, 1.82) is 0 Å². The third-order valence-corrected chi connectivity index (χ3v) is 6.02. The van der Waals surface area contributed by atoms with E-state index >= 15 is 0 Å². The largest absolute Gasteiger partial charge is 0.322 e. The lowest BCUT2D eigenvalue weighted by atomic mass is 10.2. The average Bonchev–Trinajstić information content (AvgIpc) is 2.94. The number of hydrogen-bond donors (Lipinski definition) is 1. The molecule has 1 saturated heterocycles. The molecule has 2 aromatic rings. The van der Waals surface area contributed by atoms with Crippen molar-refractivity contribution in [3.8, 4) is 10.6 Å². The van der Waals surface area contributed by atoms with Gasteiger partial charge in [0.05, 0.1) is 11.5 Å². The maximum atomic E-state index is 12.2. The first-order chi connectivity index (χ1) is 10.9. The smallest absolute Gasteiger partial charge is 0.321 e. The summed E-state index contributed by atoms with van der Waals surface area (Å²) in [5.74, 6) is 0.0367. The van der Waals surface area contributed by atoms with Crippen molar-refractivity contribution in [2.45, 2.75) is 6.92 Å². The monoisotopic (exact) mass is 352 g/mol. The van der Waals surface area contributed by atoms with Crippen LogP contribution in [0.3, 0.4) is 0 Å². The van der Waals surface area contributed by atoms with Gasteiger partial charge in [-0.25, -0.2) is 13.2 Å². The van der Waals surface area contributed by atoms with E-state index in [4.69, 9.17) is 0 Å². The molecular weight excluding hydrogens is 336 g/mol. The van der Waals surface area contributed by atoms with Crippen molar-refractivity contribution in [3.63, 3.8) is 0 Å². The van der Waals surface area contributed by atoms with Crippen LogP contribution in [0.1, 0.15) is 5.01 Å². The van der Waals surface area contributed by atoms with Gasteiger partial charge in [0.25, 0.3) is 0 Å². The summed E-state index contributed by atoms with van der Waals surface area (Å²) in [4.78, 5) is 13.7. The summed E-state index contributed by atoms with van der Waals surface area (Å²) in [5.41, 5.74) is 1.53. The zero-order valence-corrected chi connectivity index (χ0v) is 14.2. The number of nitrogens with zero attached hydrogens (tertiary/aromatic N) is 3. The van der Waals surface area contributed by atoms with Crippen LogP contribution in [0.4, 0.5) is 10.5 Å². The first-order valence-electron chi connectivity index (χ1n) is 7.10. The average molecular weight is 352 g/mol. The molecule has 1 N–H and O–H groups in total. The third-order valence-electron chi connectivity index (χ3n) is 3.52. The highest BCUT2D eigenvalue weighted by Crippen LogP contribution is 2.25. The maximum absolute atomic E-state index is 12.2. The van der Waals surface area contributed by atoms with E-state index in [1.54, 1.807) is 6.07 Å². The molecule has 2 heterocycles. The van der Waals surface area contributed by atoms with Crippen LogP contribution in [0.5, 0.6) is 0 Å². The Balaban J connectivity index is 1.70. The Labute approximate surface area is 138 Å². The predicted octanol–water partition coefficient (Wildman–Crippen LogP) is 1.78. The van der Waals surface area contributed by atoms with Crippen LogP contribution in [0.2, 0.25) is 0 Å². The summed E-state index contributed by atoms with van der Waals surface area (Å²) in [5, 5.41) is 12.6. The second-order valence-corrected chi connectivity index (χ2v) is 8.76. The second-order valence-electron chi connectivity index (χ2n) is 5.28. The lowest BCUT2D eigenvalue weighted by Gasteiger charge is -2.26. The van der Waals surface area contributed by atoms with Crippen LogP contribution in [-0.2, 0) is 9.84 Å². The van der Waals surface area contributed by atoms with E-state index in [-0.39, 0.29) is 30.6 Å². The molecule has 0 aliphatic carbocycles. The van der Waals surface area contributed by atoms with Gasteiger partial charge in [0.2, 0.25) is 0 Å². The van der Waals surface area contributed by atoms with Crippen molar-refractivity contribution < 1.29 is 13.2 Å². The zero-order chi connectivity index (χ0) is 16.4. The topological polar surface area (TPSA) is 92.3 Å². The van der Waals surface area contributed by atoms with Gasteiger partial charge in [0.1, 0.15) is 10.0 Å². The van der Waals surface area contributed by atoms with E-state index in [0.717, 1.165) is 15.6 Å². The van der Waals surface area contributed by atoms with E-state index in [1.807, 2.05) is 25.1 Å². The fraction of sp³-hybridized carbons (Fsp3) is 0.357. The number of nitrogens with one attached hydrogen (secondary N) is 1. The molecule has 122 valence electrons. The van der Waals surface area contributed by atoms with Crippen molar-refractivity contribution >= 4 is 32.9 Å². The van der Waals surface area contributed by atoms with Gasteiger partial charge in [-0.3, -0.25) is 0 Å². The summed E-state index contributed by atoms with van der Waals surface area (Å²) in [6.45, 7) is 2.34. The molecule has 0 unspecified atom stereocenters. The van der Waals surface area contributed by atoms with Crippen LogP contribution in [0.15, 0.2) is 24.3 Å². The maximum Gasteiger partial charge on any atom is 0.321 e. The molecule has 3 rings (SSSR count). The molecule has 1 fully saturated rings. The summed E-state index contributed by atoms with van der Waals surface area (Å²) < 4.78 is 22.8. The molecule has 1 aliphatic heterocycles. The number of aryl methyl sites for hydroxylation is 1. The number of aromatic nitrogens is 2. The normalized spacial score (nSPS) is 17.0. The Morgan fingerprint density at radius 1 is 1.26 bits per heavy atom. The van der Waals surface area contributed by atoms with Gasteiger partial charge in [-0.1, -0.05) is 23.5 Å². The van der Waals surface area contributed by atoms with Crippen LogP contribution >= 0.6 is 11.3 Å². The fourth-order valence-corrected chi connectivity index (χ4v) is 4.15. The summed E-state index contributed by atoms with van der Waals surface area (Å²) in [6, 6.07) is 7.07. The van der Waals surface area contributed by atoms with Crippen LogP contribution in [-0.4, -0.2) is 54.1 Å². The Morgan fingerprint density at radius 2 is 2.00 bits per heavy atom. The first-order valence-corrected chi connectivity index (χ1v) is 9.74. The van der Waals surface area contributed by atoms with Crippen molar-refractivity contribution in [1.82, 2.24) is 15.1 Å². The summed E-state index contributed by atoms with van der Waals surface area (Å²) >= 11 is 1.48. The molecule has 1 aliphatic rings. The quantitative estimate of drug-likeness (QED) is 0.889. The predicted molar refractivity (Wildman–Crippen MR) is 89.3 cm³/mol. The Hall–Kier alpha value is -2.00. The molecule has 9 heteroatoms. The van der Waals surface area contributed by atoms with Crippen molar-refractivity contribution in [2.75, 3.05) is 29.9 Å². The molecule has 7 nitrogen and oxygen atoms in total. The number of hydrogen-bond acceptors (Lipinski definition) is 6. The van der Waals surface area contributed by atoms with Gasteiger partial charge in [-0.2, -0.15) is 0 Å². The highest BCUT2D eigenvalue weighted by Gasteiger charge is 2.25. The minimum Gasteiger partial charge on any atom is -0.322 e. The molecule has 0 spiro atoms. The molecular formula is C14H16N4O3S2. The van der Waals surface area contributed by atoms with Crippen LogP contribution in [0.25, 0.3) is 10.6 Å². The number of carbonyl (C=O) groups excluding carboxylic acids is 1. The minimum absolute atomic E-state index is 0.0184. The van der Waals surface area contributed by atoms with E-state index < -0.39 is 9.84 Å². The molecule has 1 aromatic heterocycles. The Morgan fingerprint density at radius 3 is 2.65 bits per heavy atom. The van der Waals surface area contributed by atoms with E-state index in [9.17, 15) is 13.2 Å². The number of amides is 2. The number of benzene rings is 1.